The standard InChI is InChI=1S/C15H13N3O3S2.H2O/c1-23(21)11-6-4-10(5-7-11)9-17-15(20)18-14(19)12-3-2-8-16-13(12)22-18;/h2-8H,9H2,1H3,(H,17,20);1H2. The Labute approximate surface area is 143 Å². The van der Waals surface area contributed by atoms with E-state index in [0.29, 0.717) is 10.2 Å². The van der Waals surface area contributed by atoms with Gasteiger partial charge in [0.15, 0.2) is 0 Å². The number of carbonyl (C=O) groups is 1. The van der Waals surface area contributed by atoms with E-state index in [9.17, 15) is 13.8 Å². The molecule has 1 atom stereocenters. The number of benzene rings is 1. The van der Waals surface area contributed by atoms with Crippen LogP contribution in [0.2, 0.25) is 0 Å². The lowest BCUT2D eigenvalue weighted by atomic mass is 10.2. The second-order valence-electron chi connectivity index (χ2n) is 4.80. The van der Waals surface area contributed by atoms with E-state index in [4.69, 9.17) is 0 Å². The maximum atomic E-state index is 12.2. The number of aromatic nitrogens is 2. The Hall–Kier alpha value is -2.36. The van der Waals surface area contributed by atoms with Crippen molar-refractivity contribution in [3.8, 4) is 0 Å². The quantitative estimate of drug-likeness (QED) is 0.749. The summed E-state index contributed by atoms with van der Waals surface area (Å²) in [6, 6.07) is 9.94. The van der Waals surface area contributed by atoms with E-state index in [0.717, 1.165) is 25.9 Å². The van der Waals surface area contributed by atoms with E-state index in [2.05, 4.69) is 10.3 Å². The van der Waals surface area contributed by atoms with Crippen molar-refractivity contribution in [2.45, 2.75) is 11.4 Å². The van der Waals surface area contributed by atoms with E-state index in [1.165, 1.54) is 0 Å². The van der Waals surface area contributed by atoms with Crippen LogP contribution in [0.25, 0.3) is 10.2 Å². The first-order valence-corrected chi connectivity index (χ1v) is 9.07. The van der Waals surface area contributed by atoms with Crippen molar-refractivity contribution < 1.29 is 14.5 Å². The molecule has 0 aliphatic carbocycles. The van der Waals surface area contributed by atoms with Crippen LogP contribution in [0.3, 0.4) is 0 Å². The highest BCUT2D eigenvalue weighted by molar-refractivity contribution is 7.84. The zero-order valence-corrected chi connectivity index (χ0v) is 14.3. The van der Waals surface area contributed by atoms with Gasteiger partial charge >= 0.3 is 6.03 Å². The van der Waals surface area contributed by atoms with Crippen molar-refractivity contribution in [1.29, 1.82) is 0 Å². The zero-order valence-electron chi connectivity index (χ0n) is 12.7. The Bertz CT molecular complexity index is 947. The number of amides is 1. The van der Waals surface area contributed by atoms with Gasteiger partial charge in [0, 0.05) is 34.7 Å². The summed E-state index contributed by atoms with van der Waals surface area (Å²) in [6.07, 6.45) is 3.19. The molecule has 0 bridgehead atoms. The lowest BCUT2D eigenvalue weighted by Gasteiger charge is -2.05. The average molecular weight is 365 g/mol. The molecule has 1 aromatic carbocycles. The number of fused-ring (bicyclic) bond motifs is 1. The molecule has 0 saturated heterocycles. The van der Waals surface area contributed by atoms with Crippen LogP contribution >= 0.6 is 11.5 Å². The first-order valence-electron chi connectivity index (χ1n) is 6.74. The highest BCUT2D eigenvalue weighted by atomic mass is 32.2. The van der Waals surface area contributed by atoms with Gasteiger partial charge in [0.05, 0.1) is 5.39 Å². The third-order valence-electron chi connectivity index (χ3n) is 3.25. The SMILES string of the molecule is CS(=O)c1ccc(CNC(=O)n2sc3ncccc3c2=O)cc1.O. The third-order valence-corrected chi connectivity index (χ3v) is 5.20. The van der Waals surface area contributed by atoms with Crippen LogP contribution in [0.5, 0.6) is 0 Å². The van der Waals surface area contributed by atoms with Gasteiger partial charge in [-0.15, -0.1) is 0 Å². The van der Waals surface area contributed by atoms with Crippen molar-refractivity contribution in [2.24, 2.45) is 0 Å². The average Bonchev–Trinajstić information content (AvgIpc) is 2.90. The van der Waals surface area contributed by atoms with Crippen LogP contribution in [0.4, 0.5) is 4.79 Å². The zero-order chi connectivity index (χ0) is 16.4. The van der Waals surface area contributed by atoms with Gasteiger partial charge in [-0.25, -0.2) is 9.78 Å². The van der Waals surface area contributed by atoms with Gasteiger partial charge in [-0.3, -0.25) is 9.00 Å². The Morgan fingerprint density at radius 3 is 2.62 bits per heavy atom. The molecule has 126 valence electrons. The van der Waals surface area contributed by atoms with E-state index in [1.54, 1.807) is 48.9 Å². The van der Waals surface area contributed by atoms with Crippen LogP contribution < -0.4 is 10.9 Å². The maximum Gasteiger partial charge on any atom is 0.338 e. The monoisotopic (exact) mass is 365 g/mol. The lowest BCUT2D eigenvalue weighted by molar-refractivity contribution is 0.243. The minimum Gasteiger partial charge on any atom is -0.412 e. The summed E-state index contributed by atoms with van der Waals surface area (Å²) < 4.78 is 12.4. The molecule has 3 aromatic rings. The summed E-state index contributed by atoms with van der Waals surface area (Å²) in [4.78, 5) is 29.6. The smallest absolute Gasteiger partial charge is 0.338 e. The summed E-state index contributed by atoms with van der Waals surface area (Å²) in [5.41, 5.74) is 0.493. The van der Waals surface area contributed by atoms with Gasteiger partial charge in [-0.1, -0.05) is 12.1 Å². The van der Waals surface area contributed by atoms with E-state index in [-0.39, 0.29) is 17.6 Å². The molecular weight excluding hydrogens is 350 g/mol. The third kappa shape index (κ3) is 3.58. The van der Waals surface area contributed by atoms with Crippen LogP contribution in [0, 0.1) is 0 Å². The normalized spacial score (nSPS) is 11.7. The second kappa shape index (κ2) is 7.47. The highest BCUT2D eigenvalue weighted by Crippen LogP contribution is 2.12. The number of nitrogens with zero attached hydrogens (tertiary/aromatic N) is 2. The minimum atomic E-state index is -1.03. The molecule has 3 N–H and O–H groups in total. The molecular formula is C15H15N3O4S2. The van der Waals surface area contributed by atoms with Gasteiger partial charge < -0.3 is 10.8 Å². The van der Waals surface area contributed by atoms with Crippen LogP contribution in [0.1, 0.15) is 5.56 Å². The molecule has 0 radical (unpaired) electrons. The molecule has 24 heavy (non-hydrogen) atoms. The number of hydrogen-bond donors (Lipinski definition) is 1. The fourth-order valence-corrected chi connectivity index (χ4v) is 3.43. The van der Waals surface area contributed by atoms with Gasteiger partial charge in [-0.05, 0) is 41.4 Å². The number of hydrogen-bond acceptors (Lipinski definition) is 5. The summed E-state index contributed by atoms with van der Waals surface area (Å²) >= 11 is 1.01. The Kier molecular flexibility index (Phi) is 5.60. The molecule has 0 aliphatic heterocycles. The van der Waals surface area contributed by atoms with Gasteiger partial charge in [-0.2, -0.15) is 3.96 Å². The van der Waals surface area contributed by atoms with Crippen molar-refractivity contribution >= 4 is 38.6 Å². The number of pyridine rings is 1. The van der Waals surface area contributed by atoms with E-state index >= 15 is 0 Å². The highest BCUT2D eigenvalue weighted by Gasteiger charge is 2.13. The molecule has 0 fully saturated rings. The van der Waals surface area contributed by atoms with Crippen molar-refractivity contribution in [2.75, 3.05) is 6.26 Å². The maximum absolute atomic E-state index is 12.2. The predicted molar refractivity (Wildman–Crippen MR) is 93.9 cm³/mol. The van der Waals surface area contributed by atoms with Gasteiger partial charge in [0.1, 0.15) is 4.83 Å². The fraction of sp³-hybridized carbons (Fsp3) is 0.133. The largest absolute Gasteiger partial charge is 0.412 e. The predicted octanol–water partition coefficient (Wildman–Crippen LogP) is 1.13. The summed E-state index contributed by atoms with van der Waals surface area (Å²) in [6.45, 7) is 0.281. The topological polar surface area (TPSA) is 113 Å². The first-order chi connectivity index (χ1) is 11.1. The molecule has 7 nitrogen and oxygen atoms in total. The van der Waals surface area contributed by atoms with E-state index < -0.39 is 16.8 Å². The summed E-state index contributed by atoms with van der Waals surface area (Å²) in [7, 11) is -1.03. The fourth-order valence-electron chi connectivity index (χ4n) is 2.05. The van der Waals surface area contributed by atoms with Crippen LogP contribution in [-0.4, -0.2) is 30.9 Å². The summed E-state index contributed by atoms with van der Waals surface area (Å²) in [5.74, 6) is 0. The molecule has 2 aromatic heterocycles. The van der Waals surface area contributed by atoms with Crippen LogP contribution in [-0.2, 0) is 17.3 Å². The second-order valence-corrected chi connectivity index (χ2v) is 7.12. The molecule has 9 heteroatoms. The minimum absolute atomic E-state index is 0. The van der Waals surface area contributed by atoms with Gasteiger partial charge in [0.25, 0.3) is 5.56 Å². The lowest BCUT2D eigenvalue weighted by Crippen LogP contribution is -2.32. The number of rotatable bonds is 3. The molecule has 0 aliphatic rings. The first kappa shape index (κ1) is 18.0. The van der Waals surface area contributed by atoms with E-state index in [1.807, 2.05) is 0 Å². The Balaban J connectivity index is 0.00000208. The Morgan fingerprint density at radius 1 is 1.29 bits per heavy atom. The summed E-state index contributed by atoms with van der Waals surface area (Å²) in [5, 5.41) is 3.13. The van der Waals surface area contributed by atoms with Crippen molar-refractivity contribution in [3.05, 3.63) is 58.5 Å². The van der Waals surface area contributed by atoms with Crippen molar-refractivity contribution in [3.63, 3.8) is 0 Å². The Morgan fingerprint density at radius 2 is 2.00 bits per heavy atom. The van der Waals surface area contributed by atoms with Gasteiger partial charge in [0.2, 0.25) is 0 Å². The molecule has 0 saturated carbocycles. The molecule has 3 rings (SSSR count). The number of nitrogens with one attached hydrogen (secondary N) is 1. The molecule has 1 unspecified atom stereocenters. The molecule has 2 heterocycles. The van der Waals surface area contributed by atoms with Crippen LogP contribution in [0.15, 0.2) is 52.3 Å². The number of carbonyl (C=O) groups excluding carboxylic acids is 1. The molecule has 1 amide bonds. The molecule has 0 spiro atoms. The van der Waals surface area contributed by atoms with Crippen molar-refractivity contribution in [1.82, 2.24) is 14.3 Å².